The molecule has 0 unspecified atom stereocenters. The van der Waals surface area contributed by atoms with Crippen LogP contribution in [0.1, 0.15) is 44.9 Å². The van der Waals surface area contributed by atoms with Crippen LogP contribution in [0.25, 0.3) is 0 Å². The number of amides is 1. The second-order valence-corrected chi connectivity index (χ2v) is 7.39. The number of nitrogens with zero attached hydrogens (tertiary/aromatic N) is 2. The molecule has 6 nitrogen and oxygen atoms in total. The average molecular weight is 356 g/mol. The summed E-state index contributed by atoms with van der Waals surface area (Å²) in [5, 5.41) is 25.4. The number of aliphatic hydroxyl groups is 1. The van der Waals surface area contributed by atoms with Gasteiger partial charge in [0.2, 0.25) is 5.91 Å². The maximum atomic E-state index is 12.4. The fourth-order valence-corrected chi connectivity index (χ4v) is 3.91. The van der Waals surface area contributed by atoms with Gasteiger partial charge in [0, 0.05) is 13.1 Å². The first-order valence-electron chi connectivity index (χ1n) is 9.60. The zero-order valence-electron chi connectivity index (χ0n) is 15.2. The van der Waals surface area contributed by atoms with Gasteiger partial charge in [0.1, 0.15) is 5.54 Å². The van der Waals surface area contributed by atoms with Gasteiger partial charge in [-0.25, -0.2) is 0 Å². The van der Waals surface area contributed by atoms with Crippen molar-refractivity contribution in [2.45, 2.75) is 56.6 Å². The van der Waals surface area contributed by atoms with E-state index >= 15 is 0 Å². The highest BCUT2D eigenvalue weighted by Crippen LogP contribution is 2.29. The summed E-state index contributed by atoms with van der Waals surface area (Å²) in [7, 11) is 0. The number of hydrogen-bond donors (Lipinski definition) is 3. The molecule has 0 bridgehead atoms. The van der Waals surface area contributed by atoms with Crippen molar-refractivity contribution in [1.82, 2.24) is 5.32 Å². The lowest BCUT2D eigenvalue weighted by Crippen LogP contribution is -2.50. The molecule has 0 aromatic heterocycles. The van der Waals surface area contributed by atoms with Crippen molar-refractivity contribution >= 4 is 17.3 Å². The topological polar surface area (TPSA) is 88.4 Å². The number of anilines is 2. The molecule has 1 amide bonds. The third kappa shape index (κ3) is 4.47. The number of nitrogens with one attached hydrogen (secondary N) is 2. The SMILES string of the molecule is N#CC1(NC(=O)CNc2ccccc2N2CCC(O)CC2)CCCCC1. The van der Waals surface area contributed by atoms with Gasteiger partial charge in [-0.1, -0.05) is 31.4 Å². The van der Waals surface area contributed by atoms with Crippen LogP contribution in [0, 0.1) is 11.3 Å². The van der Waals surface area contributed by atoms with Gasteiger partial charge in [-0.3, -0.25) is 4.79 Å². The van der Waals surface area contributed by atoms with Crippen LogP contribution in [-0.2, 0) is 4.79 Å². The fraction of sp³-hybridized carbons (Fsp3) is 0.600. The van der Waals surface area contributed by atoms with Gasteiger partial charge in [0.25, 0.3) is 0 Å². The summed E-state index contributed by atoms with van der Waals surface area (Å²) in [4.78, 5) is 14.6. The number of carbonyl (C=O) groups excluding carboxylic acids is 1. The van der Waals surface area contributed by atoms with Crippen molar-refractivity contribution in [3.8, 4) is 6.07 Å². The van der Waals surface area contributed by atoms with Crippen molar-refractivity contribution in [3.05, 3.63) is 24.3 Å². The predicted molar refractivity (Wildman–Crippen MR) is 102 cm³/mol. The minimum atomic E-state index is -0.695. The minimum absolute atomic E-state index is 0.141. The quantitative estimate of drug-likeness (QED) is 0.754. The van der Waals surface area contributed by atoms with Crippen LogP contribution < -0.4 is 15.5 Å². The Kier molecular flexibility index (Phi) is 6.00. The van der Waals surface area contributed by atoms with E-state index in [2.05, 4.69) is 21.6 Å². The maximum absolute atomic E-state index is 12.4. The summed E-state index contributed by atoms with van der Waals surface area (Å²) in [5.74, 6) is -0.141. The Morgan fingerprint density at radius 2 is 1.92 bits per heavy atom. The summed E-state index contributed by atoms with van der Waals surface area (Å²) in [6, 6.07) is 10.3. The highest BCUT2D eigenvalue weighted by Gasteiger charge is 2.33. The second-order valence-electron chi connectivity index (χ2n) is 7.39. The van der Waals surface area contributed by atoms with Gasteiger partial charge in [-0.2, -0.15) is 5.26 Å². The Bertz CT molecular complexity index is 656. The summed E-state index contributed by atoms with van der Waals surface area (Å²) in [6.07, 6.45) is 5.91. The highest BCUT2D eigenvalue weighted by molar-refractivity contribution is 5.83. The van der Waals surface area contributed by atoms with Crippen LogP contribution >= 0.6 is 0 Å². The summed E-state index contributed by atoms with van der Waals surface area (Å²) in [5.41, 5.74) is 1.27. The number of rotatable bonds is 5. The Balaban J connectivity index is 1.59. The van der Waals surface area contributed by atoms with Gasteiger partial charge in [0.05, 0.1) is 30.1 Å². The third-order valence-electron chi connectivity index (χ3n) is 5.45. The number of para-hydroxylation sites is 2. The number of carbonyl (C=O) groups is 1. The lowest BCUT2D eigenvalue weighted by atomic mass is 9.83. The van der Waals surface area contributed by atoms with Crippen LogP contribution in [-0.4, -0.2) is 42.3 Å². The van der Waals surface area contributed by atoms with Gasteiger partial charge in [-0.05, 0) is 37.8 Å². The normalized spacial score (nSPS) is 20.2. The fourth-order valence-electron chi connectivity index (χ4n) is 3.91. The van der Waals surface area contributed by atoms with E-state index in [4.69, 9.17) is 0 Å². The average Bonchev–Trinajstić information content (AvgIpc) is 2.68. The van der Waals surface area contributed by atoms with Gasteiger partial charge in [-0.15, -0.1) is 0 Å². The van der Waals surface area contributed by atoms with Crippen molar-refractivity contribution in [2.75, 3.05) is 29.9 Å². The van der Waals surface area contributed by atoms with E-state index in [9.17, 15) is 15.2 Å². The molecule has 1 aliphatic carbocycles. The van der Waals surface area contributed by atoms with E-state index < -0.39 is 5.54 Å². The van der Waals surface area contributed by atoms with E-state index in [0.717, 1.165) is 69.4 Å². The standard InChI is InChI=1S/C20H28N4O2/c21-15-20(10-4-1-5-11-20)23-19(26)14-22-17-6-2-3-7-18(17)24-12-8-16(25)9-13-24/h2-3,6-7,16,22,25H,1,4-5,8-14H2,(H,23,26). The van der Waals surface area contributed by atoms with Crippen molar-refractivity contribution in [2.24, 2.45) is 0 Å². The number of aliphatic hydroxyl groups excluding tert-OH is 1. The van der Waals surface area contributed by atoms with Crippen molar-refractivity contribution < 1.29 is 9.90 Å². The predicted octanol–water partition coefficient (Wildman–Crippen LogP) is 2.40. The number of nitriles is 1. The monoisotopic (exact) mass is 356 g/mol. The molecule has 1 heterocycles. The van der Waals surface area contributed by atoms with Gasteiger partial charge >= 0.3 is 0 Å². The Hall–Kier alpha value is -2.26. The van der Waals surface area contributed by atoms with Gasteiger partial charge in [0.15, 0.2) is 0 Å². The Labute approximate surface area is 155 Å². The Morgan fingerprint density at radius 1 is 1.23 bits per heavy atom. The Morgan fingerprint density at radius 3 is 2.62 bits per heavy atom. The zero-order valence-corrected chi connectivity index (χ0v) is 15.2. The minimum Gasteiger partial charge on any atom is -0.393 e. The summed E-state index contributed by atoms with van der Waals surface area (Å²) >= 11 is 0. The van der Waals surface area contributed by atoms with Crippen molar-refractivity contribution in [1.29, 1.82) is 5.26 Å². The summed E-state index contributed by atoms with van der Waals surface area (Å²) < 4.78 is 0. The molecule has 1 aromatic rings. The molecular formula is C20H28N4O2. The first-order valence-corrected chi connectivity index (χ1v) is 9.60. The van der Waals surface area contributed by atoms with E-state index in [0.29, 0.717) is 0 Å². The third-order valence-corrected chi connectivity index (χ3v) is 5.45. The van der Waals surface area contributed by atoms with Crippen LogP contribution in [0.5, 0.6) is 0 Å². The number of hydrogen-bond acceptors (Lipinski definition) is 5. The van der Waals surface area contributed by atoms with Crippen LogP contribution in [0.15, 0.2) is 24.3 Å². The first kappa shape index (κ1) is 18.5. The molecule has 1 aliphatic heterocycles. The molecule has 0 radical (unpaired) electrons. The van der Waals surface area contributed by atoms with E-state index in [-0.39, 0.29) is 18.6 Å². The number of benzene rings is 1. The molecule has 1 saturated heterocycles. The van der Waals surface area contributed by atoms with Crippen LogP contribution in [0.4, 0.5) is 11.4 Å². The lowest BCUT2D eigenvalue weighted by Gasteiger charge is -2.33. The van der Waals surface area contributed by atoms with Crippen LogP contribution in [0.2, 0.25) is 0 Å². The smallest absolute Gasteiger partial charge is 0.240 e. The summed E-state index contributed by atoms with van der Waals surface area (Å²) in [6.45, 7) is 1.77. The van der Waals surface area contributed by atoms with Crippen molar-refractivity contribution in [3.63, 3.8) is 0 Å². The van der Waals surface area contributed by atoms with E-state index in [1.165, 1.54) is 0 Å². The molecule has 26 heavy (non-hydrogen) atoms. The lowest BCUT2D eigenvalue weighted by molar-refractivity contribution is -0.121. The van der Waals surface area contributed by atoms with E-state index in [1.54, 1.807) is 0 Å². The molecule has 0 spiro atoms. The zero-order chi connectivity index (χ0) is 18.4. The van der Waals surface area contributed by atoms with Crippen LogP contribution in [0.3, 0.4) is 0 Å². The molecule has 6 heteroatoms. The first-order chi connectivity index (χ1) is 12.6. The molecule has 2 aliphatic rings. The molecule has 1 saturated carbocycles. The molecule has 3 rings (SSSR count). The molecule has 1 aromatic carbocycles. The highest BCUT2D eigenvalue weighted by atomic mass is 16.3. The molecule has 0 atom stereocenters. The molecule has 2 fully saturated rings. The largest absolute Gasteiger partial charge is 0.393 e. The van der Waals surface area contributed by atoms with E-state index in [1.807, 2.05) is 24.3 Å². The second kappa shape index (κ2) is 8.41. The molecular weight excluding hydrogens is 328 g/mol. The van der Waals surface area contributed by atoms with Gasteiger partial charge < -0.3 is 20.6 Å². The molecule has 140 valence electrons. The maximum Gasteiger partial charge on any atom is 0.240 e. The number of piperidine rings is 1. The molecule has 3 N–H and O–H groups in total.